The average molecular weight is 294 g/mol. The van der Waals surface area contributed by atoms with Crippen molar-refractivity contribution >= 4 is 11.6 Å². The van der Waals surface area contributed by atoms with Gasteiger partial charge in [-0.05, 0) is 48.9 Å². The van der Waals surface area contributed by atoms with Crippen molar-refractivity contribution in [2.24, 2.45) is 11.1 Å². The zero-order valence-corrected chi connectivity index (χ0v) is 12.3. The maximum Gasteiger partial charge on any atom is 0.125 e. The van der Waals surface area contributed by atoms with E-state index < -0.39 is 0 Å². The Balaban J connectivity index is 1.69. The molecular formula is C16H20ClNO2. The van der Waals surface area contributed by atoms with E-state index in [9.17, 15) is 0 Å². The second kappa shape index (κ2) is 4.62. The lowest BCUT2D eigenvalue weighted by molar-refractivity contribution is 0.0634. The van der Waals surface area contributed by atoms with Gasteiger partial charge in [0.2, 0.25) is 0 Å². The van der Waals surface area contributed by atoms with Crippen molar-refractivity contribution in [2.75, 3.05) is 13.2 Å². The first-order valence-corrected chi connectivity index (χ1v) is 7.88. The van der Waals surface area contributed by atoms with E-state index in [-0.39, 0.29) is 5.41 Å². The van der Waals surface area contributed by atoms with Crippen molar-refractivity contribution in [3.8, 4) is 5.75 Å². The topological polar surface area (TPSA) is 44.5 Å². The molecule has 3 nitrogen and oxygen atoms in total. The van der Waals surface area contributed by atoms with Crippen LogP contribution in [0.1, 0.15) is 30.4 Å². The van der Waals surface area contributed by atoms with Crippen molar-refractivity contribution < 1.29 is 9.47 Å². The summed E-state index contributed by atoms with van der Waals surface area (Å²) in [5, 5.41) is 0.806. The molecule has 108 valence electrons. The van der Waals surface area contributed by atoms with Gasteiger partial charge < -0.3 is 15.2 Å². The van der Waals surface area contributed by atoms with Gasteiger partial charge in [0.15, 0.2) is 0 Å². The lowest BCUT2D eigenvalue weighted by Crippen LogP contribution is -2.41. The van der Waals surface area contributed by atoms with Crippen LogP contribution in [0.3, 0.4) is 0 Å². The Morgan fingerprint density at radius 1 is 1.35 bits per heavy atom. The maximum absolute atomic E-state index is 6.26. The number of hydrogen-bond acceptors (Lipinski definition) is 3. The zero-order valence-electron chi connectivity index (χ0n) is 11.5. The number of halogens is 1. The van der Waals surface area contributed by atoms with Crippen LogP contribution in [-0.2, 0) is 17.6 Å². The van der Waals surface area contributed by atoms with Crippen LogP contribution in [0, 0.1) is 5.41 Å². The minimum atomic E-state index is 0.0767. The molecule has 4 rings (SSSR count). The molecule has 0 amide bonds. The fraction of sp³-hybridized carbons (Fsp3) is 0.625. The molecule has 3 atom stereocenters. The SMILES string of the molecule is NCC1(Cc2cc(Cl)cc3c2OCC3)CC2CCC1O2. The molecule has 0 radical (unpaired) electrons. The first-order chi connectivity index (χ1) is 9.70. The predicted molar refractivity (Wildman–Crippen MR) is 78.4 cm³/mol. The van der Waals surface area contributed by atoms with Crippen molar-refractivity contribution in [2.45, 2.75) is 44.3 Å². The highest BCUT2D eigenvalue weighted by atomic mass is 35.5. The molecular weight excluding hydrogens is 274 g/mol. The van der Waals surface area contributed by atoms with Gasteiger partial charge in [-0.25, -0.2) is 0 Å². The van der Waals surface area contributed by atoms with Crippen LogP contribution in [0.5, 0.6) is 5.75 Å². The Labute approximate surface area is 124 Å². The van der Waals surface area contributed by atoms with Gasteiger partial charge in [0.1, 0.15) is 5.75 Å². The summed E-state index contributed by atoms with van der Waals surface area (Å²) in [6.07, 6.45) is 6.02. The lowest BCUT2D eigenvalue weighted by Gasteiger charge is -2.34. The number of hydrogen-bond donors (Lipinski definition) is 1. The third-order valence-corrected chi connectivity index (χ3v) is 5.42. The molecule has 4 heteroatoms. The third kappa shape index (κ3) is 1.87. The Hall–Kier alpha value is -0.770. The van der Waals surface area contributed by atoms with Gasteiger partial charge in [-0.2, -0.15) is 0 Å². The third-order valence-electron chi connectivity index (χ3n) is 5.20. The molecule has 1 aromatic carbocycles. The van der Waals surface area contributed by atoms with E-state index in [4.69, 9.17) is 26.8 Å². The number of ether oxygens (including phenoxy) is 2. The largest absolute Gasteiger partial charge is 0.493 e. The summed E-state index contributed by atoms with van der Waals surface area (Å²) in [6.45, 7) is 1.44. The molecule has 3 heterocycles. The summed E-state index contributed by atoms with van der Waals surface area (Å²) in [4.78, 5) is 0. The van der Waals surface area contributed by atoms with Crippen molar-refractivity contribution in [3.05, 3.63) is 28.3 Å². The second-order valence-electron chi connectivity index (χ2n) is 6.42. The minimum absolute atomic E-state index is 0.0767. The molecule has 20 heavy (non-hydrogen) atoms. The molecule has 3 aliphatic rings. The number of nitrogens with two attached hydrogens (primary N) is 1. The van der Waals surface area contributed by atoms with Crippen molar-refractivity contribution in [3.63, 3.8) is 0 Å². The number of fused-ring (bicyclic) bond motifs is 3. The highest BCUT2D eigenvalue weighted by Crippen LogP contribution is 2.50. The Kier molecular flexibility index (Phi) is 2.99. The van der Waals surface area contributed by atoms with E-state index in [2.05, 4.69) is 6.07 Å². The van der Waals surface area contributed by atoms with Crippen LogP contribution in [0.25, 0.3) is 0 Å². The lowest BCUT2D eigenvalue weighted by atomic mass is 9.70. The Morgan fingerprint density at radius 3 is 2.95 bits per heavy atom. The molecule has 0 aliphatic carbocycles. The molecule has 2 fully saturated rings. The Morgan fingerprint density at radius 2 is 2.25 bits per heavy atom. The zero-order chi connectivity index (χ0) is 13.7. The number of rotatable bonds is 3. The highest BCUT2D eigenvalue weighted by molar-refractivity contribution is 6.30. The average Bonchev–Trinajstić information content (AvgIpc) is 3.12. The fourth-order valence-corrected chi connectivity index (χ4v) is 4.48. The molecule has 1 aromatic rings. The summed E-state index contributed by atoms with van der Waals surface area (Å²) in [5.41, 5.74) is 8.66. The molecule has 2 N–H and O–H groups in total. The molecule has 3 aliphatic heterocycles. The van der Waals surface area contributed by atoms with Crippen molar-refractivity contribution in [1.82, 2.24) is 0 Å². The highest BCUT2D eigenvalue weighted by Gasteiger charge is 2.51. The standard InChI is InChI=1S/C16H20ClNO2/c17-12-5-10-3-4-19-15(10)11(6-12)7-16(9-18)8-13-1-2-14(16)20-13/h5-6,13-14H,1-4,7-9,18H2. The van der Waals surface area contributed by atoms with Gasteiger partial charge in [0.05, 0.1) is 18.8 Å². The smallest absolute Gasteiger partial charge is 0.125 e. The molecule has 2 bridgehead atoms. The van der Waals surface area contributed by atoms with Gasteiger partial charge in [0.25, 0.3) is 0 Å². The molecule has 0 aromatic heterocycles. The first-order valence-electron chi connectivity index (χ1n) is 7.50. The van der Waals surface area contributed by atoms with E-state index in [1.807, 2.05) is 6.07 Å². The molecule has 0 spiro atoms. The minimum Gasteiger partial charge on any atom is -0.493 e. The van der Waals surface area contributed by atoms with Crippen LogP contribution in [0.4, 0.5) is 0 Å². The van der Waals surface area contributed by atoms with Gasteiger partial charge in [-0.3, -0.25) is 0 Å². The van der Waals surface area contributed by atoms with Crippen LogP contribution >= 0.6 is 11.6 Å². The summed E-state index contributed by atoms with van der Waals surface area (Å²) in [6, 6.07) is 4.08. The van der Waals surface area contributed by atoms with Crippen molar-refractivity contribution in [1.29, 1.82) is 0 Å². The van der Waals surface area contributed by atoms with Crippen LogP contribution in [0.2, 0.25) is 5.02 Å². The fourth-order valence-electron chi connectivity index (χ4n) is 4.22. The predicted octanol–water partition coefficient (Wildman–Crippen LogP) is 2.71. The molecule has 3 unspecified atom stereocenters. The van der Waals surface area contributed by atoms with E-state index in [1.54, 1.807) is 0 Å². The summed E-state index contributed by atoms with van der Waals surface area (Å²) in [5.74, 6) is 1.05. The van der Waals surface area contributed by atoms with E-state index in [1.165, 1.54) is 17.5 Å². The molecule has 0 saturated carbocycles. The first kappa shape index (κ1) is 12.9. The number of benzene rings is 1. The van der Waals surface area contributed by atoms with Gasteiger partial charge in [-0.15, -0.1) is 0 Å². The second-order valence-corrected chi connectivity index (χ2v) is 6.86. The molecule has 2 saturated heterocycles. The van der Waals surface area contributed by atoms with Gasteiger partial charge in [-0.1, -0.05) is 11.6 Å². The quantitative estimate of drug-likeness (QED) is 0.932. The monoisotopic (exact) mass is 293 g/mol. The van der Waals surface area contributed by atoms with E-state index in [0.717, 1.165) is 43.1 Å². The van der Waals surface area contributed by atoms with Crippen LogP contribution in [-0.4, -0.2) is 25.4 Å². The van der Waals surface area contributed by atoms with Crippen LogP contribution in [0.15, 0.2) is 12.1 Å². The van der Waals surface area contributed by atoms with E-state index in [0.29, 0.717) is 18.8 Å². The Bertz CT molecular complexity index is 548. The van der Waals surface area contributed by atoms with Gasteiger partial charge in [0, 0.05) is 23.4 Å². The summed E-state index contributed by atoms with van der Waals surface area (Å²) < 4.78 is 11.9. The van der Waals surface area contributed by atoms with Gasteiger partial charge >= 0.3 is 0 Å². The maximum atomic E-state index is 6.26. The van der Waals surface area contributed by atoms with Crippen LogP contribution < -0.4 is 10.5 Å². The summed E-state index contributed by atoms with van der Waals surface area (Å²) in [7, 11) is 0. The normalized spacial score (nSPS) is 34.3. The van der Waals surface area contributed by atoms with E-state index >= 15 is 0 Å². The summed E-state index contributed by atoms with van der Waals surface area (Å²) >= 11 is 6.26.